The van der Waals surface area contributed by atoms with Crippen LogP contribution in [0.3, 0.4) is 0 Å². The lowest BCUT2D eigenvalue weighted by Gasteiger charge is -2.25. The summed E-state index contributed by atoms with van der Waals surface area (Å²) in [6, 6.07) is 12.8. The van der Waals surface area contributed by atoms with Crippen LogP contribution in [0, 0.1) is 11.8 Å². The highest BCUT2D eigenvalue weighted by Gasteiger charge is 2.31. The van der Waals surface area contributed by atoms with Crippen LogP contribution in [-0.2, 0) is 41.6 Å². The average Bonchev–Trinajstić information content (AvgIpc) is 3.21. The van der Waals surface area contributed by atoms with Crippen LogP contribution in [0.1, 0.15) is 154 Å². The highest BCUT2D eigenvalue weighted by molar-refractivity contribution is 5.96. The zero-order valence-corrected chi connectivity index (χ0v) is 36.6. The average molecular weight is 819 g/mol. The number of benzene rings is 2. The Morgan fingerprint density at radius 1 is 0.559 bits per heavy atom. The first-order chi connectivity index (χ1) is 28.3. The lowest BCUT2D eigenvalue weighted by molar-refractivity contribution is -0.134. The maximum atomic E-state index is 14.0. The summed E-state index contributed by atoms with van der Waals surface area (Å²) in [5, 5.41) is 20.9. The van der Waals surface area contributed by atoms with Crippen molar-refractivity contribution >= 4 is 35.2 Å². The molecule has 4 atom stereocenters. The SMILES string of the molecule is CCCCCCCCCCCCCCCC(=O)N[C@@H](CC(C)C)C(=O)N[C@@H](C)C(=O)C[C@@H](Cc1ccc(O)cc1)C(=O)NC(Cc1ccccc1)C(=O)CCC(=O)NC. The number of unbranched alkanes of at least 4 members (excludes halogenated alkanes) is 12. The molecule has 0 aliphatic rings. The molecule has 0 radical (unpaired) electrons. The number of amides is 4. The molecular formula is C48H74N4O7. The van der Waals surface area contributed by atoms with E-state index in [0.717, 1.165) is 24.8 Å². The molecule has 2 aromatic carbocycles. The number of carbonyl (C=O) groups excluding carboxylic acids is 6. The van der Waals surface area contributed by atoms with Gasteiger partial charge in [-0.15, -0.1) is 0 Å². The molecule has 0 aliphatic heterocycles. The van der Waals surface area contributed by atoms with Crippen molar-refractivity contribution in [1.29, 1.82) is 0 Å². The third kappa shape index (κ3) is 22.4. The smallest absolute Gasteiger partial charge is 0.243 e. The lowest BCUT2D eigenvalue weighted by atomic mass is 9.90. The Morgan fingerprint density at radius 3 is 1.68 bits per heavy atom. The van der Waals surface area contributed by atoms with Crippen molar-refractivity contribution in [3.8, 4) is 5.75 Å². The fraction of sp³-hybridized carbons (Fsp3) is 0.625. The van der Waals surface area contributed by atoms with Gasteiger partial charge >= 0.3 is 0 Å². The predicted molar refractivity (Wildman–Crippen MR) is 235 cm³/mol. The molecule has 0 heterocycles. The molecule has 0 saturated heterocycles. The lowest BCUT2D eigenvalue weighted by Crippen LogP contribution is -2.52. The van der Waals surface area contributed by atoms with Gasteiger partial charge in [0, 0.05) is 38.6 Å². The summed E-state index contributed by atoms with van der Waals surface area (Å²) >= 11 is 0. The van der Waals surface area contributed by atoms with Gasteiger partial charge in [-0.05, 0) is 61.8 Å². The van der Waals surface area contributed by atoms with E-state index in [1.54, 1.807) is 19.1 Å². The molecule has 59 heavy (non-hydrogen) atoms. The number of hydrogen-bond donors (Lipinski definition) is 5. The second-order valence-corrected chi connectivity index (χ2v) is 16.6. The molecule has 0 spiro atoms. The second kappa shape index (κ2) is 29.6. The summed E-state index contributed by atoms with van der Waals surface area (Å²) < 4.78 is 0. The summed E-state index contributed by atoms with van der Waals surface area (Å²) in [7, 11) is 1.49. The Morgan fingerprint density at radius 2 is 1.12 bits per heavy atom. The van der Waals surface area contributed by atoms with Gasteiger partial charge < -0.3 is 26.4 Å². The van der Waals surface area contributed by atoms with Gasteiger partial charge in [0.25, 0.3) is 0 Å². The molecule has 2 aromatic rings. The van der Waals surface area contributed by atoms with Crippen molar-refractivity contribution < 1.29 is 33.9 Å². The summed E-state index contributed by atoms with van der Waals surface area (Å²) in [6.07, 6.45) is 16.5. The minimum absolute atomic E-state index is 0.0270. The van der Waals surface area contributed by atoms with Crippen LogP contribution in [0.25, 0.3) is 0 Å². The maximum Gasteiger partial charge on any atom is 0.243 e. The first kappa shape index (κ1) is 50.6. The number of phenolic OH excluding ortho intramolecular Hbond substituents is 1. The zero-order valence-electron chi connectivity index (χ0n) is 36.6. The normalized spacial score (nSPS) is 13.2. The van der Waals surface area contributed by atoms with E-state index in [1.165, 1.54) is 83.4 Å². The van der Waals surface area contributed by atoms with Gasteiger partial charge in [0.15, 0.2) is 11.6 Å². The van der Waals surface area contributed by atoms with Crippen molar-refractivity contribution in [1.82, 2.24) is 21.3 Å². The molecule has 1 unspecified atom stereocenters. The summed E-state index contributed by atoms with van der Waals surface area (Å²) in [5.41, 5.74) is 1.52. The molecule has 0 fully saturated rings. The molecular weight excluding hydrogens is 745 g/mol. The van der Waals surface area contributed by atoms with Crippen molar-refractivity contribution in [2.24, 2.45) is 11.8 Å². The number of phenols is 1. The fourth-order valence-corrected chi connectivity index (χ4v) is 7.18. The number of hydrogen-bond acceptors (Lipinski definition) is 7. The minimum Gasteiger partial charge on any atom is -0.508 e. The topological polar surface area (TPSA) is 171 Å². The number of Topliss-reactive ketones (excluding diaryl/α,β-unsaturated/α-hetero) is 2. The van der Waals surface area contributed by atoms with Gasteiger partial charge in [-0.1, -0.05) is 140 Å². The Bertz CT molecular complexity index is 1550. The Hall–Kier alpha value is -4.54. The highest BCUT2D eigenvalue weighted by Crippen LogP contribution is 2.19. The standard InChI is InChI=1S/C48H74N4O7/c1-6-7-8-9-10-11-12-13-14-15-16-17-21-24-46(57)51-42(31-35(2)3)48(59)50-36(4)44(55)34-39(32-38-25-27-40(53)28-26-38)47(58)52-41(33-37-22-19-18-20-23-37)43(54)29-30-45(56)49-5/h18-20,22-23,25-28,35-36,39,41-42,53H,6-17,21,24,29-34H2,1-5H3,(H,49,56)(H,50,59)(H,51,57)(H,52,58)/t36-,39+,41?,42-/m0/s1. The quantitative estimate of drug-likeness (QED) is 0.0468. The predicted octanol–water partition coefficient (Wildman–Crippen LogP) is 7.85. The highest BCUT2D eigenvalue weighted by atomic mass is 16.3. The molecule has 328 valence electrons. The van der Waals surface area contributed by atoms with Crippen LogP contribution in [0.2, 0.25) is 0 Å². The van der Waals surface area contributed by atoms with E-state index in [9.17, 15) is 33.9 Å². The molecule has 0 aliphatic carbocycles. The van der Waals surface area contributed by atoms with Crippen LogP contribution in [0.5, 0.6) is 5.75 Å². The first-order valence-electron chi connectivity index (χ1n) is 22.3. The van der Waals surface area contributed by atoms with Crippen LogP contribution in [-0.4, -0.2) is 65.5 Å². The largest absolute Gasteiger partial charge is 0.508 e. The number of rotatable bonds is 32. The number of nitrogens with one attached hydrogen (secondary N) is 4. The fourth-order valence-electron chi connectivity index (χ4n) is 7.18. The van der Waals surface area contributed by atoms with Crippen LogP contribution < -0.4 is 21.3 Å². The van der Waals surface area contributed by atoms with E-state index in [1.807, 2.05) is 44.2 Å². The molecule has 11 nitrogen and oxygen atoms in total. The van der Waals surface area contributed by atoms with E-state index in [0.29, 0.717) is 18.4 Å². The number of carbonyl (C=O) groups is 6. The van der Waals surface area contributed by atoms with Crippen molar-refractivity contribution in [3.63, 3.8) is 0 Å². The van der Waals surface area contributed by atoms with Crippen molar-refractivity contribution in [3.05, 3.63) is 65.7 Å². The third-order valence-corrected chi connectivity index (χ3v) is 10.8. The van der Waals surface area contributed by atoms with E-state index in [-0.39, 0.29) is 67.2 Å². The minimum atomic E-state index is -0.959. The van der Waals surface area contributed by atoms with E-state index in [4.69, 9.17) is 0 Å². The van der Waals surface area contributed by atoms with Crippen molar-refractivity contribution in [2.45, 2.75) is 174 Å². The zero-order chi connectivity index (χ0) is 43.4. The van der Waals surface area contributed by atoms with Gasteiger partial charge in [0.2, 0.25) is 23.6 Å². The maximum absolute atomic E-state index is 14.0. The Kier molecular flexibility index (Phi) is 25.4. The molecule has 0 aromatic heterocycles. The van der Waals surface area contributed by atoms with Crippen LogP contribution >= 0.6 is 0 Å². The number of aromatic hydroxyl groups is 1. The van der Waals surface area contributed by atoms with Crippen LogP contribution in [0.4, 0.5) is 0 Å². The molecule has 11 heteroatoms. The molecule has 0 bridgehead atoms. The third-order valence-electron chi connectivity index (χ3n) is 10.8. The summed E-state index contributed by atoms with van der Waals surface area (Å²) in [6.45, 7) is 7.74. The van der Waals surface area contributed by atoms with Gasteiger partial charge in [0.1, 0.15) is 11.8 Å². The molecule has 5 N–H and O–H groups in total. The Labute approximate surface area is 354 Å². The van der Waals surface area contributed by atoms with Gasteiger partial charge in [-0.2, -0.15) is 0 Å². The number of ketones is 2. The van der Waals surface area contributed by atoms with Crippen LogP contribution in [0.15, 0.2) is 54.6 Å². The van der Waals surface area contributed by atoms with Gasteiger partial charge in [-0.25, -0.2) is 0 Å². The Balaban J connectivity index is 2.01. The first-order valence-corrected chi connectivity index (χ1v) is 22.3. The molecule has 2 rings (SSSR count). The van der Waals surface area contributed by atoms with Crippen molar-refractivity contribution in [2.75, 3.05) is 7.05 Å². The van der Waals surface area contributed by atoms with Gasteiger partial charge in [0.05, 0.1) is 12.1 Å². The van der Waals surface area contributed by atoms with E-state index < -0.39 is 35.9 Å². The van der Waals surface area contributed by atoms with E-state index in [2.05, 4.69) is 28.2 Å². The molecule has 4 amide bonds. The monoisotopic (exact) mass is 819 g/mol. The van der Waals surface area contributed by atoms with Gasteiger partial charge in [-0.3, -0.25) is 28.8 Å². The summed E-state index contributed by atoms with van der Waals surface area (Å²) in [5.74, 6) is -2.90. The molecule has 0 saturated carbocycles. The summed E-state index contributed by atoms with van der Waals surface area (Å²) in [4.78, 5) is 79.6. The second-order valence-electron chi connectivity index (χ2n) is 16.6. The van der Waals surface area contributed by atoms with E-state index >= 15 is 0 Å².